The number of nitro groups is 1. The molecular formula is C15H10N2O4. The molecule has 3 rings (SSSR count). The number of rotatable bonds is 4. The number of fused-ring (bicyclic) bond motifs is 3. The molecule has 0 heterocycles. The van der Waals surface area contributed by atoms with E-state index in [2.05, 4.69) is 9.99 Å². The van der Waals surface area contributed by atoms with Crippen molar-refractivity contribution in [3.63, 3.8) is 0 Å². The Morgan fingerprint density at radius 2 is 1.86 bits per heavy atom. The number of carbonyl (C=O) groups excluding carboxylic acids is 1. The molecule has 0 amide bonds. The largest absolute Gasteiger partial charge is 0.323 e. The Kier molecular flexibility index (Phi) is 3.19. The molecule has 0 saturated heterocycles. The summed E-state index contributed by atoms with van der Waals surface area (Å²) in [6.45, 7) is 0.249. The maximum Gasteiger partial charge on any atom is 0.323 e. The molecular weight excluding hydrogens is 272 g/mol. The van der Waals surface area contributed by atoms with Gasteiger partial charge in [0.15, 0.2) is 0 Å². The van der Waals surface area contributed by atoms with Gasteiger partial charge >= 0.3 is 6.47 Å². The Morgan fingerprint density at radius 3 is 2.57 bits per heavy atom. The average Bonchev–Trinajstić information content (AvgIpc) is 2.84. The monoisotopic (exact) mass is 282 g/mol. The van der Waals surface area contributed by atoms with Gasteiger partial charge in [0.05, 0.1) is 11.1 Å². The van der Waals surface area contributed by atoms with Crippen LogP contribution in [0.2, 0.25) is 0 Å². The van der Waals surface area contributed by atoms with E-state index >= 15 is 0 Å². The van der Waals surface area contributed by atoms with Gasteiger partial charge in [-0.2, -0.15) is 0 Å². The van der Waals surface area contributed by atoms with Gasteiger partial charge in [-0.05, 0) is 46.4 Å². The number of oxime groups is 1. The van der Waals surface area contributed by atoms with Gasteiger partial charge in [0, 0.05) is 12.1 Å². The lowest BCUT2D eigenvalue weighted by atomic mass is 10.0. The summed E-state index contributed by atoms with van der Waals surface area (Å²) in [6.07, 6.45) is 2.09. The molecule has 0 spiro atoms. The van der Waals surface area contributed by atoms with Gasteiger partial charge < -0.3 is 4.84 Å². The first-order chi connectivity index (χ1) is 10.2. The minimum absolute atomic E-state index is 0.0997. The number of nitrogens with zero attached hydrogens (tertiary/aromatic N) is 2. The fourth-order valence-corrected chi connectivity index (χ4v) is 2.53. The highest BCUT2D eigenvalue weighted by Gasteiger charge is 2.21. The Balaban J connectivity index is 1.95. The average molecular weight is 282 g/mol. The third-order valence-corrected chi connectivity index (χ3v) is 3.41. The normalized spacial score (nSPS) is 12.0. The molecule has 0 bridgehead atoms. The Bertz CT molecular complexity index is 768. The van der Waals surface area contributed by atoms with Crippen LogP contribution in [0, 0.1) is 10.1 Å². The van der Waals surface area contributed by atoms with Gasteiger partial charge in [0.25, 0.3) is 5.69 Å². The lowest BCUT2D eigenvalue weighted by Crippen LogP contribution is -1.89. The molecule has 0 atom stereocenters. The minimum atomic E-state index is -0.391. The number of nitro benzene ring substituents is 1. The van der Waals surface area contributed by atoms with Gasteiger partial charge in [-0.15, -0.1) is 0 Å². The van der Waals surface area contributed by atoms with Crippen molar-refractivity contribution in [2.75, 3.05) is 0 Å². The lowest BCUT2D eigenvalue weighted by Gasteiger charge is -2.01. The predicted octanol–water partition coefficient (Wildman–Crippen LogP) is 2.67. The third kappa shape index (κ3) is 2.38. The summed E-state index contributed by atoms with van der Waals surface area (Å²) < 4.78 is 0. The first-order valence-electron chi connectivity index (χ1n) is 6.22. The van der Waals surface area contributed by atoms with Crippen LogP contribution in [0.4, 0.5) is 5.69 Å². The Morgan fingerprint density at radius 1 is 1.14 bits per heavy atom. The molecule has 0 saturated carbocycles. The van der Waals surface area contributed by atoms with E-state index in [-0.39, 0.29) is 12.2 Å². The molecule has 104 valence electrons. The van der Waals surface area contributed by atoms with E-state index in [1.165, 1.54) is 12.3 Å². The zero-order chi connectivity index (χ0) is 14.8. The maximum absolute atomic E-state index is 10.8. The van der Waals surface area contributed by atoms with Crippen molar-refractivity contribution in [1.82, 2.24) is 0 Å². The highest BCUT2D eigenvalue weighted by Crippen LogP contribution is 2.38. The number of benzene rings is 2. The van der Waals surface area contributed by atoms with Crippen molar-refractivity contribution in [3.05, 3.63) is 63.2 Å². The van der Waals surface area contributed by atoms with Crippen LogP contribution in [0.3, 0.4) is 0 Å². The second-order valence-electron chi connectivity index (χ2n) is 4.63. The van der Waals surface area contributed by atoms with Crippen LogP contribution in [-0.2, 0) is 16.1 Å². The van der Waals surface area contributed by atoms with Gasteiger partial charge in [0.2, 0.25) is 0 Å². The highest BCUT2D eigenvalue weighted by molar-refractivity contribution is 5.85. The summed E-state index contributed by atoms with van der Waals surface area (Å²) in [5.41, 5.74) is 5.00. The van der Waals surface area contributed by atoms with Gasteiger partial charge in [-0.25, -0.2) is 0 Å². The molecule has 6 nitrogen and oxygen atoms in total. The van der Waals surface area contributed by atoms with Crippen molar-refractivity contribution in [2.24, 2.45) is 5.16 Å². The van der Waals surface area contributed by atoms with Crippen molar-refractivity contribution in [1.29, 1.82) is 0 Å². The van der Waals surface area contributed by atoms with Gasteiger partial charge in [-0.1, -0.05) is 17.3 Å². The quantitative estimate of drug-likeness (QED) is 0.242. The molecule has 0 unspecified atom stereocenters. The van der Waals surface area contributed by atoms with Crippen molar-refractivity contribution in [3.8, 4) is 11.1 Å². The number of carbonyl (C=O) groups is 1. The zero-order valence-electron chi connectivity index (χ0n) is 10.9. The van der Waals surface area contributed by atoms with E-state index in [4.69, 9.17) is 0 Å². The SMILES string of the molecule is O=CO/N=C/c1ccc2c(c1)Cc1cc([N+](=O)[O-])ccc1-2. The summed E-state index contributed by atoms with van der Waals surface area (Å²) in [5.74, 6) is 0. The lowest BCUT2D eigenvalue weighted by molar-refractivity contribution is -0.384. The molecule has 2 aromatic rings. The molecule has 0 fully saturated rings. The van der Waals surface area contributed by atoms with Crippen LogP contribution in [0.25, 0.3) is 11.1 Å². The Labute approximate surface area is 119 Å². The van der Waals surface area contributed by atoms with Crippen LogP contribution >= 0.6 is 0 Å². The number of hydrogen-bond acceptors (Lipinski definition) is 5. The zero-order valence-corrected chi connectivity index (χ0v) is 10.9. The van der Waals surface area contributed by atoms with Crippen LogP contribution in [0.15, 0.2) is 41.6 Å². The third-order valence-electron chi connectivity index (χ3n) is 3.41. The number of non-ortho nitro benzene ring substituents is 1. The van der Waals surface area contributed by atoms with Gasteiger partial charge in [0.1, 0.15) is 0 Å². The van der Waals surface area contributed by atoms with Crippen molar-refractivity contribution < 1.29 is 14.6 Å². The summed E-state index contributed by atoms with van der Waals surface area (Å²) >= 11 is 0. The Hall–Kier alpha value is -3.02. The molecule has 1 aliphatic carbocycles. The van der Waals surface area contributed by atoms with Crippen LogP contribution < -0.4 is 0 Å². The first-order valence-corrected chi connectivity index (χ1v) is 6.22. The summed E-state index contributed by atoms with van der Waals surface area (Å²) in [4.78, 5) is 24.7. The van der Waals surface area contributed by atoms with Crippen LogP contribution in [-0.4, -0.2) is 17.6 Å². The molecule has 0 radical (unpaired) electrons. The predicted molar refractivity (Wildman–Crippen MR) is 76.1 cm³/mol. The van der Waals surface area contributed by atoms with Crippen LogP contribution in [0.5, 0.6) is 0 Å². The topological polar surface area (TPSA) is 81.8 Å². The van der Waals surface area contributed by atoms with E-state index in [0.29, 0.717) is 6.42 Å². The van der Waals surface area contributed by atoms with E-state index in [1.807, 2.05) is 18.2 Å². The molecule has 1 aliphatic rings. The molecule has 0 aliphatic heterocycles. The molecule has 6 heteroatoms. The molecule has 0 aromatic heterocycles. The summed E-state index contributed by atoms with van der Waals surface area (Å²) in [7, 11) is 0. The highest BCUT2D eigenvalue weighted by atomic mass is 16.7. The smallest absolute Gasteiger partial charge is 0.322 e. The molecule has 2 aromatic carbocycles. The van der Waals surface area contributed by atoms with E-state index < -0.39 is 4.92 Å². The number of hydrogen-bond donors (Lipinski definition) is 0. The second-order valence-corrected chi connectivity index (χ2v) is 4.63. The second kappa shape index (κ2) is 5.16. The van der Waals surface area contributed by atoms with Crippen molar-refractivity contribution in [2.45, 2.75) is 6.42 Å². The minimum Gasteiger partial charge on any atom is -0.322 e. The summed E-state index contributed by atoms with van der Waals surface area (Å²) in [6, 6.07) is 10.6. The van der Waals surface area contributed by atoms with Crippen molar-refractivity contribution >= 4 is 18.4 Å². The molecule has 0 N–H and O–H groups in total. The summed E-state index contributed by atoms with van der Waals surface area (Å²) in [5, 5.41) is 14.3. The maximum atomic E-state index is 10.8. The van der Waals surface area contributed by atoms with Crippen LogP contribution in [0.1, 0.15) is 16.7 Å². The first kappa shape index (κ1) is 13.0. The van der Waals surface area contributed by atoms with E-state index in [0.717, 1.165) is 27.8 Å². The fraction of sp³-hybridized carbons (Fsp3) is 0.0667. The molecule has 21 heavy (non-hydrogen) atoms. The van der Waals surface area contributed by atoms with E-state index in [9.17, 15) is 14.9 Å². The van der Waals surface area contributed by atoms with Gasteiger partial charge in [-0.3, -0.25) is 14.9 Å². The fourth-order valence-electron chi connectivity index (χ4n) is 2.53. The standard InChI is InChI=1S/C15H10N2O4/c18-9-21-16-8-10-1-3-14-11(5-10)6-12-7-13(17(19)20)2-4-15(12)14/h1-5,7-9H,6H2/b16-8+. The van der Waals surface area contributed by atoms with E-state index in [1.54, 1.807) is 12.1 Å².